The second-order valence-electron chi connectivity index (χ2n) is 11.0. The monoisotopic (exact) mass is 656 g/mol. The molecule has 8 nitrogen and oxygen atoms in total. The number of hydrogen-bond acceptors (Lipinski definition) is 9. The van der Waals surface area contributed by atoms with Crippen LogP contribution in [-0.4, -0.2) is 63.0 Å². The number of fused-ring (bicyclic) bond motifs is 3. The Morgan fingerprint density at radius 3 is 2.73 bits per heavy atom. The van der Waals surface area contributed by atoms with Crippen molar-refractivity contribution in [2.75, 3.05) is 13.6 Å². The van der Waals surface area contributed by atoms with Gasteiger partial charge < -0.3 is 14.7 Å². The van der Waals surface area contributed by atoms with Crippen LogP contribution in [0.2, 0.25) is 0 Å². The van der Waals surface area contributed by atoms with E-state index < -0.39 is 11.6 Å². The van der Waals surface area contributed by atoms with Gasteiger partial charge in [0, 0.05) is 18.2 Å². The average molecular weight is 658 g/mol. The molecule has 0 saturated heterocycles. The molecule has 0 unspecified atom stereocenters. The van der Waals surface area contributed by atoms with Crippen LogP contribution < -0.4 is 0 Å². The minimum atomic E-state index is -1.79. The summed E-state index contributed by atoms with van der Waals surface area (Å²) in [5.41, 5.74) is 3.28. The van der Waals surface area contributed by atoms with E-state index in [1.165, 1.54) is 33.8 Å². The summed E-state index contributed by atoms with van der Waals surface area (Å²) >= 11 is 6.14. The summed E-state index contributed by atoms with van der Waals surface area (Å²) in [7, 11) is 2.16. The summed E-state index contributed by atoms with van der Waals surface area (Å²) in [6.45, 7) is 1.71. The summed E-state index contributed by atoms with van der Waals surface area (Å²) in [6, 6.07) is 9.54. The number of ether oxygens (including phenoxy) is 1. The minimum absolute atomic E-state index is 0.207. The predicted molar refractivity (Wildman–Crippen MR) is 164 cm³/mol. The van der Waals surface area contributed by atoms with Crippen LogP contribution in [0.4, 0.5) is 0 Å². The predicted octanol–water partition coefficient (Wildman–Crippen LogP) is 5.73. The molecule has 6 rings (SSSR count). The van der Waals surface area contributed by atoms with Crippen LogP contribution in [0, 0.1) is 0 Å². The van der Waals surface area contributed by atoms with E-state index in [1.807, 2.05) is 28.3 Å². The molecule has 0 amide bonds. The first-order valence-electron chi connectivity index (χ1n) is 14.1. The number of nitrogens with zero attached hydrogens (tertiary/aromatic N) is 4. The van der Waals surface area contributed by atoms with E-state index in [4.69, 9.17) is 4.74 Å². The van der Waals surface area contributed by atoms with Gasteiger partial charge in [-0.2, -0.15) is 0 Å². The molecule has 1 atom stereocenters. The van der Waals surface area contributed by atoms with Crippen LogP contribution in [-0.2, 0) is 34.5 Å². The molecule has 2 aliphatic carbocycles. The Kier molecular flexibility index (Phi) is 8.42. The van der Waals surface area contributed by atoms with Crippen molar-refractivity contribution in [1.82, 2.24) is 19.9 Å². The van der Waals surface area contributed by atoms with Crippen LogP contribution >= 0.6 is 38.6 Å². The first-order valence-corrected chi connectivity index (χ1v) is 16.6. The van der Waals surface area contributed by atoms with Gasteiger partial charge in [0.2, 0.25) is 5.60 Å². The van der Waals surface area contributed by atoms with Gasteiger partial charge in [-0.1, -0.05) is 11.3 Å². The van der Waals surface area contributed by atoms with E-state index in [-0.39, 0.29) is 6.10 Å². The first-order chi connectivity index (χ1) is 19.9. The second kappa shape index (κ2) is 12.0. The Hall–Kier alpha value is -2.44. The first kappa shape index (κ1) is 28.7. The van der Waals surface area contributed by atoms with E-state index in [1.54, 1.807) is 12.1 Å². The van der Waals surface area contributed by atoms with Crippen molar-refractivity contribution in [3.8, 4) is 0 Å². The molecular weight excluding hydrogens is 624 g/mol. The van der Waals surface area contributed by atoms with E-state index >= 15 is 0 Å². The number of benzene rings is 1. The minimum Gasteiger partial charge on any atom is -0.460 e. The number of carbonyl (C=O) groups is 2. The molecule has 0 spiro atoms. The van der Waals surface area contributed by atoms with E-state index in [2.05, 4.69) is 38.2 Å². The van der Waals surface area contributed by atoms with E-state index in [0.29, 0.717) is 15.8 Å². The van der Waals surface area contributed by atoms with Crippen LogP contribution in [0.5, 0.6) is 0 Å². The smallest absolute Gasteiger partial charge is 0.349 e. The molecule has 3 heterocycles. The summed E-state index contributed by atoms with van der Waals surface area (Å²) in [6.07, 6.45) is 8.09. The third kappa shape index (κ3) is 5.54. The van der Waals surface area contributed by atoms with Crippen molar-refractivity contribution in [1.29, 1.82) is 0 Å². The maximum atomic E-state index is 13.4. The number of aliphatic hydroxyl groups is 1. The van der Waals surface area contributed by atoms with E-state index in [0.717, 1.165) is 91.1 Å². The van der Waals surface area contributed by atoms with Gasteiger partial charge >= 0.3 is 5.97 Å². The topological polar surface area (TPSA) is 97.5 Å². The number of esters is 1. The van der Waals surface area contributed by atoms with Crippen molar-refractivity contribution < 1.29 is 19.4 Å². The zero-order valence-electron chi connectivity index (χ0n) is 22.9. The van der Waals surface area contributed by atoms with Crippen LogP contribution in [0.25, 0.3) is 11.0 Å². The molecule has 216 valence electrons. The fourth-order valence-corrected chi connectivity index (χ4v) is 8.73. The highest BCUT2D eigenvalue weighted by Gasteiger charge is 2.45. The number of aryl methyl sites for hydroxylation is 2. The normalized spacial score (nSPS) is 20.3. The molecule has 0 radical (unpaired) electrons. The number of aldehydes is 1. The lowest BCUT2D eigenvalue weighted by atomic mass is 9.91. The summed E-state index contributed by atoms with van der Waals surface area (Å²) < 4.78 is 8.81. The molecule has 1 N–H and O–H groups in total. The van der Waals surface area contributed by atoms with Gasteiger partial charge in [0.1, 0.15) is 17.9 Å². The van der Waals surface area contributed by atoms with Crippen molar-refractivity contribution in [3.63, 3.8) is 0 Å². The molecule has 11 heteroatoms. The molecule has 41 heavy (non-hydrogen) atoms. The molecule has 1 fully saturated rings. The molecule has 4 aromatic rings. The quantitative estimate of drug-likeness (QED) is 0.172. The van der Waals surface area contributed by atoms with Crippen LogP contribution in [0.15, 0.2) is 39.5 Å². The number of halogens is 1. The average Bonchev–Trinajstić information content (AvgIpc) is 3.79. The molecule has 1 saturated carbocycles. The van der Waals surface area contributed by atoms with Gasteiger partial charge in [-0.3, -0.25) is 4.79 Å². The second-order valence-corrected chi connectivity index (χ2v) is 14.4. The van der Waals surface area contributed by atoms with Gasteiger partial charge in [-0.05, 0) is 122 Å². The van der Waals surface area contributed by atoms with E-state index in [9.17, 15) is 14.7 Å². The fraction of sp³-hybridized carbons (Fsp3) is 0.467. The maximum absolute atomic E-state index is 13.4. The Morgan fingerprint density at radius 1 is 1.22 bits per heavy atom. The van der Waals surface area contributed by atoms with Gasteiger partial charge in [0.15, 0.2) is 0 Å². The number of carbonyl (C=O) groups excluding carboxylic acids is 2. The zero-order valence-corrected chi connectivity index (χ0v) is 26.1. The van der Waals surface area contributed by atoms with Gasteiger partial charge in [-0.25, -0.2) is 9.48 Å². The van der Waals surface area contributed by atoms with Crippen molar-refractivity contribution in [2.24, 2.45) is 0 Å². The van der Waals surface area contributed by atoms with Crippen LogP contribution in [0.1, 0.15) is 69.8 Å². The molecule has 0 aliphatic heterocycles. The van der Waals surface area contributed by atoms with Gasteiger partial charge in [0.25, 0.3) is 0 Å². The van der Waals surface area contributed by atoms with Crippen molar-refractivity contribution in [2.45, 2.75) is 75.7 Å². The van der Waals surface area contributed by atoms with Gasteiger partial charge in [0.05, 0.1) is 19.1 Å². The number of rotatable bonds is 10. The third-order valence-corrected chi connectivity index (χ3v) is 11.3. The largest absolute Gasteiger partial charge is 0.460 e. The standard InChI is InChI=1S/C30H33BrN4O4S2/c1-34(14-4-15-35-28-23-6-2-5-22(23)19(18-36)17-24(28)32-33-35)20-8-10-21(11-9-20)39-29(37)30(38,25-7-3-16-40-25)26-12-13-27(31)41-26/h3,7,12-13,16-18,20-21,38H,2,4-6,8-11,14-15H2,1H3/t20-,21-,30-/m1/s1. The molecular formula is C30H33BrN4O4S2. The van der Waals surface area contributed by atoms with Crippen LogP contribution in [0.3, 0.4) is 0 Å². The summed E-state index contributed by atoms with van der Waals surface area (Å²) in [5, 5.41) is 22.2. The molecule has 2 aliphatic rings. The summed E-state index contributed by atoms with van der Waals surface area (Å²) in [5.74, 6) is -0.599. The zero-order chi connectivity index (χ0) is 28.6. The Bertz CT molecular complexity index is 1540. The number of hydrogen-bond donors (Lipinski definition) is 1. The Labute approximate surface area is 255 Å². The Morgan fingerprint density at radius 2 is 2.02 bits per heavy atom. The lowest BCUT2D eigenvalue weighted by Gasteiger charge is -2.35. The number of aromatic nitrogens is 3. The highest BCUT2D eigenvalue weighted by molar-refractivity contribution is 9.11. The maximum Gasteiger partial charge on any atom is 0.349 e. The fourth-order valence-electron chi connectivity index (χ4n) is 6.36. The summed E-state index contributed by atoms with van der Waals surface area (Å²) in [4.78, 5) is 28.5. The molecule has 1 aromatic carbocycles. The molecule has 0 bridgehead atoms. The SMILES string of the molecule is CN(CCCn1nnc2cc(C=O)c3c(c21)CCC3)[C@H]1CC[C@H](OC(=O)[C@@](O)(c2cccs2)c2ccc(Br)s2)CC1. The number of thiophene rings is 2. The highest BCUT2D eigenvalue weighted by atomic mass is 79.9. The highest BCUT2D eigenvalue weighted by Crippen LogP contribution is 2.40. The van der Waals surface area contributed by atoms with Crippen molar-refractivity contribution in [3.05, 3.63) is 65.9 Å². The lowest BCUT2D eigenvalue weighted by Crippen LogP contribution is -2.42. The van der Waals surface area contributed by atoms with Gasteiger partial charge in [-0.15, -0.1) is 27.8 Å². The lowest BCUT2D eigenvalue weighted by molar-refractivity contribution is -0.169. The molecule has 3 aromatic heterocycles. The Balaban J connectivity index is 1.03. The van der Waals surface area contributed by atoms with Crippen molar-refractivity contribution >= 4 is 61.9 Å². The third-order valence-electron chi connectivity index (χ3n) is 8.56.